The van der Waals surface area contributed by atoms with E-state index in [1.807, 2.05) is 12.1 Å². The van der Waals surface area contributed by atoms with Crippen molar-refractivity contribution < 1.29 is 23.9 Å². The molecule has 2 bridgehead atoms. The second kappa shape index (κ2) is 14.3. The molecule has 0 saturated carbocycles. The summed E-state index contributed by atoms with van der Waals surface area (Å²) in [6.07, 6.45) is 8.90. The zero-order chi connectivity index (χ0) is 24.8. The summed E-state index contributed by atoms with van der Waals surface area (Å²) in [6.45, 7) is 4.57. The van der Waals surface area contributed by atoms with Crippen molar-refractivity contribution in [2.24, 2.45) is 11.3 Å². The van der Waals surface area contributed by atoms with Gasteiger partial charge in [0.2, 0.25) is 0 Å². The molecule has 0 amide bonds. The molecule has 2 aromatic carbocycles. The fourth-order valence-corrected chi connectivity index (χ4v) is 3.08. The fourth-order valence-electron chi connectivity index (χ4n) is 3.08. The topological polar surface area (TPSA) is 124 Å². The molecule has 0 radical (unpaired) electrons. The summed E-state index contributed by atoms with van der Waals surface area (Å²) >= 11 is 0. The number of furan rings is 1. The van der Waals surface area contributed by atoms with Crippen LogP contribution in [-0.2, 0) is 9.57 Å². The van der Waals surface area contributed by atoms with Gasteiger partial charge in [0.15, 0.2) is 5.34 Å². The molecule has 1 aromatic heterocycles. The molecular formula is C26H30N2O6. The predicted octanol–water partition coefficient (Wildman–Crippen LogP) is 6.35. The quantitative estimate of drug-likeness (QED) is 0.148. The Morgan fingerprint density at radius 2 is 1.56 bits per heavy atom. The average Bonchev–Trinajstić information content (AvgIpc) is 3.61. The lowest BCUT2D eigenvalue weighted by Crippen LogP contribution is -2.00. The number of ether oxygens (including phenoxy) is 1. The highest BCUT2D eigenvalue weighted by Gasteiger charge is 2.32. The van der Waals surface area contributed by atoms with Gasteiger partial charge in [-0.2, -0.15) is 0 Å². The van der Waals surface area contributed by atoms with Crippen molar-refractivity contribution in [3.63, 3.8) is 0 Å². The van der Waals surface area contributed by atoms with Crippen LogP contribution in [0.1, 0.15) is 54.0 Å². The molecule has 180 valence electrons. The van der Waals surface area contributed by atoms with E-state index in [2.05, 4.69) is 64.9 Å². The summed E-state index contributed by atoms with van der Waals surface area (Å²) in [4.78, 5) is 23.9. The first-order valence-electron chi connectivity index (χ1n) is 10.9. The second-order valence-corrected chi connectivity index (χ2v) is 7.77. The van der Waals surface area contributed by atoms with Crippen molar-refractivity contribution in [1.29, 1.82) is 0 Å². The van der Waals surface area contributed by atoms with Crippen LogP contribution in [0.25, 0.3) is 0 Å². The lowest BCUT2D eigenvalue weighted by Gasteiger charge is -2.04. The van der Waals surface area contributed by atoms with Crippen LogP contribution in [0.5, 0.6) is 0 Å². The molecule has 2 aliphatic heterocycles. The van der Waals surface area contributed by atoms with E-state index >= 15 is 0 Å². The molecule has 0 fully saturated rings. The summed E-state index contributed by atoms with van der Waals surface area (Å²) in [5.41, 5.74) is 8.49. The highest BCUT2D eigenvalue weighted by atomic mass is 16.7. The van der Waals surface area contributed by atoms with Crippen molar-refractivity contribution >= 4 is 11.7 Å². The van der Waals surface area contributed by atoms with E-state index in [-0.39, 0.29) is 17.8 Å². The van der Waals surface area contributed by atoms with Crippen molar-refractivity contribution in [1.82, 2.24) is 0 Å². The molecule has 3 heterocycles. The number of para-hydroxylation sites is 1. The van der Waals surface area contributed by atoms with Gasteiger partial charge in [-0.25, -0.2) is 4.79 Å². The highest BCUT2D eigenvalue weighted by Crippen LogP contribution is 2.45. The maximum atomic E-state index is 10.3. The van der Waals surface area contributed by atoms with Crippen LogP contribution >= 0.6 is 0 Å². The van der Waals surface area contributed by atoms with Crippen LogP contribution in [0, 0.1) is 10.8 Å². The first-order chi connectivity index (χ1) is 16.4. The number of carboxylic acids is 1. The number of nitrogens with zero attached hydrogens (tertiary/aromatic N) is 1. The Labute approximate surface area is 198 Å². The fraction of sp³-hybridized carbons (Fsp3) is 0.269. The molecular weight excluding hydrogens is 436 g/mol. The van der Waals surface area contributed by atoms with Crippen LogP contribution in [0.3, 0.4) is 0 Å². The van der Waals surface area contributed by atoms with E-state index in [1.54, 1.807) is 30.7 Å². The number of hydrogen-bond acceptors (Lipinski definition) is 7. The minimum Gasteiger partial charge on any atom is -0.478 e. The summed E-state index contributed by atoms with van der Waals surface area (Å²) in [5.74, 6) is -0.408. The van der Waals surface area contributed by atoms with Crippen molar-refractivity contribution in [3.05, 3.63) is 107 Å². The molecule has 2 aliphatic rings. The summed E-state index contributed by atoms with van der Waals surface area (Å²) in [5, 5.41) is 10.7. The van der Waals surface area contributed by atoms with E-state index in [9.17, 15) is 9.70 Å². The zero-order valence-corrected chi connectivity index (χ0v) is 19.2. The molecule has 0 saturated heterocycles. The number of hydrogen-bond donors (Lipinski definition) is 2. The van der Waals surface area contributed by atoms with Gasteiger partial charge >= 0.3 is 5.97 Å². The largest absolute Gasteiger partial charge is 0.478 e. The molecule has 8 nitrogen and oxygen atoms in total. The number of carboxylic acid groups (broad SMARTS) is 1. The monoisotopic (exact) mass is 466 g/mol. The minimum absolute atomic E-state index is 0.155. The third-order valence-corrected chi connectivity index (χ3v) is 4.82. The molecule has 3 aromatic rings. The van der Waals surface area contributed by atoms with Crippen LogP contribution in [-0.4, -0.2) is 17.7 Å². The number of aromatic carboxylic acids is 1. The van der Waals surface area contributed by atoms with E-state index in [0.29, 0.717) is 18.2 Å². The number of nitrogens with two attached hydrogens (primary N) is 1. The molecule has 8 heteroatoms. The number of carbonyl (C=O) groups is 1. The van der Waals surface area contributed by atoms with E-state index < -0.39 is 5.97 Å². The van der Waals surface area contributed by atoms with Crippen LogP contribution in [0.4, 0.5) is 5.69 Å². The van der Waals surface area contributed by atoms with Gasteiger partial charge in [-0.05, 0) is 47.7 Å². The van der Waals surface area contributed by atoms with Gasteiger partial charge in [-0.1, -0.05) is 62.4 Å². The third kappa shape index (κ3) is 8.55. The van der Waals surface area contributed by atoms with Gasteiger partial charge in [-0.3, -0.25) is 0 Å². The Morgan fingerprint density at radius 3 is 1.97 bits per heavy atom. The lowest BCUT2D eigenvalue weighted by molar-refractivity contribution is 0.0698. The van der Waals surface area contributed by atoms with Gasteiger partial charge in [0.25, 0.3) is 0 Å². The third-order valence-electron chi connectivity index (χ3n) is 4.82. The molecule has 0 aliphatic carbocycles. The Bertz CT molecular complexity index is 985. The van der Waals surface area contributed by atoms with Gasteiger partial charge in [-0.15, -0.1) is 4.91 Å². The van der Waals surface area contributed by atoms with Crippen molar-refractivity contribution in [2.75, 3.05) is 12.3 Å². The van der Waals surface area contributed by atoms with E-state index in [0.717, 1.165) is 6.42 Å². The Hall–Kier alpha value is -3.91. The minimum atomic E-state index is -0.988. The van der Waals surface area contributed by atoms with E-state index in [1.165, 1.54) is 17.2 Å². The number of nitrogen functional groups attached to an aromatic ring is 1. The standard InChI is InChI=1S/C10H8O.C7H7NO2.C5H11NO2.C4H4O/c1-2-4-8-7(3-1)9-5-6-10(8)11-9;8-6-4-2-1-3-5(6)7(9)10;1-5(2)3-4-8-6-7;1-2-4-5-3-1/h1-6,9-10H;1-4H,8H2,(H,9,10);5H,3-4H2,1-2H3;1-4H. The predicted molar refractivity (Wildman–Crippen MR) is 130 cm³/mol. The molecule has 5 rings (SSSR count). The Morgan fingerprint density at radius 1 is 1.00 bits per heavy atom. The van der Waals surface area contributed by atoms with Crippen molar-refractivity contribution in [3.8, 4) is 0 Å². The lowest BCUT2D eigenvalue weighted by atomic mass is 9.97. The zero-order valence-electron chi connectivity index (χ0n) is 19.2. The number of fused-ring (bicyclic) bond motifs is 5. The van der Waals surface area contributed by atoms with Crippen LogP contribution < -0.4 is 5.73 Å². The molecule has 2 atom stereocenters. The van der Waals surface area contributed by atoms with Gasteiger partial charge in [0.1, 0.15) is 18.8 Å². The number of anilines is 1. The molecule has 3 N–H and O–H groups in total. The Kier molecular flexibility index (Phi) is 11.1. The van der Waals surface area contributed by atoms with Gasteiger partial charge in [0.05, 0.1) is 18.1 Å². The SMILES string of the molecule is C1=CC2OC1c1ccccc12.CC(C)CCON=O.Nc1ccccc1C(=O)O.c1ccoc1. The smallest absolute Gasteiger partial charge is 0.337 e. The Balaban J connectivity index is 0.000000166. The van der Waals surface area contributed by atoms with E-state index in [4.69, 9.17) is 15.6 Å². The highest BCUT2D eigenvalue weighted by molar-refractivity contribution is 5.93. The average molecular weight is 467 g/mol. The summed E-state index contributed by atoms with van der Waals surface area (Å²) in [6, 6.07) is 18.4. The van der Waals surface area contributed by atoms with Crippen molar-refractivity contribution in [2.45, 2.75) is 32.5 Å². The molecule has 2 unspecified atom stereocenters. The van der Waals surface area contributed by atoms with Crippen LogP contribution in [0.2, 0.25) is 0 Å². The number of benzene rings is 2. The normalized spacial score (nSPS) is 16.1. The molecule has 34 heavy (non-hydrogen) atoms. The maximum absolute atomic E-state index is 10.3. The first kappa shape index (κ1) is 26.3. The first-order valence-corrected chi connectivity index (χ1v) is 10.9. The maximum Gasteiger partial charge on any atom is 0.337 e. The van der Waals surface area contributed by atoms with Gasteiger partial charge in [0, 0.05) is 5.69 Å². The summed E-state index contributed by atoms with van der Waals surface area (Å²) in [7, 11) is 0. The second-order valence-electron chi connectivity index (χ2n) is 7.77. The number of rotatable bonds is 5. The summed E-state index contributed by atoms with van der Waals surface area (Å²) < 4.78 is 10.2. The van der Waals surface area contributed by atoms with Crippen LogP contribution in [0.15, 0.2) is 95.1 Å². The molecule has 0 spiro atoms. The van der Waals surface area contributed by atoms with Gasteiger partial charge < -0.3 is 24.8 Å².